The molecular weight excluding hydrogens is 302 g/mol. The zero-order valence-corrected chi connectivity index (χ0v) is 12.8. The highest BCUT2D eigenvalue weighted by molar-refractivity contribution is 9.10. The van der Waals surface area contributed by atoms with E-state index in [0.29, 0.717) is 0 Å². The summed E-state index contributed by atoms with van der Waals surface area (Å²) in [6, 6.07) is 12.6. The zero-order valence-electron chi connectivity index (χ0n) is 11.2. The van der Waals surface area contributed by atoms with Gasteiger partial charge >= 0.3 is 0 Å². The van der Waals surface area contributed by atoms with Crippen LogP contribution in [0.15, 0.2) is 47.1 Å². The summed E-state index contributed by atoms with van der Waals surface area (Å²) in [5, 5.41) is 3.32. The van der Waals surface area contributed by atoms with Crippen LogP contribution in [-0.4, -0.2) is 25.6 Å². The minimum Gasteiger partial charge on any atom is -0.378 e. The number of halogens is 1. The van der Waals surface area contributed by atoms with Gasteiger partial charge in [0.25, 0.3) is 0 Å². The van der Waals surface area contributed by atoms with E-state index in [9.17, 15) is 0 Å². The van der Waals surface area contributed by atoms with Crippen molar-refractivity contribution in [3.05, 3.63) is 52.6 Å². The van der Waals surface area contributed by atoms with E-state index >= 15 is 0 Å². The third-order valence-electron chi connectivity index (χ3n) is 2.90. The normalized spacial score (nSPS) is 10.3. The highest BCUT2D eigenvalue weighted by Crippen LogP contribution is 2.13. The topological polar surface area (TPSA) is 28.2 Å². The lowest BCUT2D eigenvalue weighted by atomic mass is 10.1. The van der Waals surface area contributed by atoms with Crippen molar-refractivity contribution in [3.8, 4) is 0 Å². The van der Waals surface area contributed by atoms with E-state index in [1.807, 2.05) is 12.1 Å². The van der Waals surface area contributed by atoms with E-state index in [2.05, 4.69) is 69.5 Å². The van der Waals surface area contributed by atoms with Gasteiger partial charge in [-0.05, 0) is 52.2 Å². The number of pyridine rings is 1. The predicted octanol–water partition coefficient (Wildman–Crippen LogP) is 3.56. The fourth-order valence-electron chi connectivity index (χ4n) is 1.78. The molecule has 19 heavy (non-hydrogen) atoms. The minimum atomic E-state index is 0.885. The third kappa shape index (κ3) is 4.24. The Morgan fingerprint density at radius 1 is 1.11 bits per heavy atom. The SMILES string of the molecule is CN(C)c1ccc(CCNc2ccc(Br)cn2)cc1. The van der Waals surface area contributed by atoms with Gasteiger partial charge < -0.3 is 10.2 Å². The lowest BCUT2D eigenvalue weighted by Gasteiger charge is -2.12. The smallest absolute Gasteiger partial charge is 0.125 e. The number of hydrogen-bond donors (Lipinski definition) is 1. The molecule has 0 saturated heterocycles. The van der Waals surface area contributed by atoms with Gasteiger partial charge in [0, 0.05) is 37.0 Å². The molecule has 0 aliphatic carbocycles. The van der Waals surface area contributed by atoms with Crippen LogP contribution in [0, 0.1) is 0 Å². The van der Waals surface area contributed by atoms with Crippen LogP contribution in [0.2, 0.25) is 0 Å². The molecule has 0 aliphatic rings. The third-order valence-corrected chi connectivity index (χ3v) is 3.37. The Bertz CT molecular complexity index is 506. The quantitative estimate of drug-likeness (QED) is 0.913. The van der Waals surface area contributed by atoms with E-state index in [-0.39, 0.29) is 0 Å². The van der Waals surface area contributed by atoms with Gasteiger partial charge in [0.1, 0.15) is 5.82 Å². The van der Waals surface area contributed by atoms with Crippen molar-refractivity contribution in [3.63, 3.8) is 0 Å². The van der Waals surface area contributed by atoms with Crippen LogP contribution in [0.1, 0.15) is 5.56 Å². The zero-order chi connectivity index (χ0) is 13.7. The fourth-order valence-corrected chi connectivity index (χ4v) is 2.01. The maximum atomic E-state index is 4.28. The largest absolute Gasteiger partial charge is 0.378 e. The first-order valence-corrected chi connectivity index (χ1v) is 7.06. The van der Waals surface area contributed by atoms with Crippen molar-refractivity contribution < 1.29 is 0 Å². The number of anilines is 2. The summed E-state index contributed by atoms with van der Waals surface area (Å²) in [6.07, 6.45) is 2.79. The van der Waals surface area contributed by atoms with Gasteiger partial charge in [-0.1, -0.05) is 12.1 Å². The summed E-state index contributed by atoms with van der Waals surface area (Å²) in [6.45, 7) is 0.885. The molecule has 1 aromatic carbocycles. The maximum absolute atomic E-state index is 4.28. The number of benzene rings is 1. The first kappa shape index (κ1) is 13.9. The summed E-state index contributed by atoms with van der Waals surface area (Å²) in [5.41, 5.74) is 2.56. The molecule has 0 amide bonds. The molecule has 1 N–H and O–H groups in total. The van der Waals surface area contributed by atoms with Crippen LogP contribution in [0.4, 0.5) is 11.5 Å². The summed E-state index contributed by atoms with van der Waals surface area (Å²) < 4.78 is 0.998. The minimum absolute atomic E-state index is 0.885. The van der Waals surface area contributed by atoms with E-state index < -0.39 is 0 Å². The monoisotopic (exact) mass is 319 g/mol. The first-order chi connectivity index (χ1) is 9.15. The summed E-state index contributed by atoms with van der Waals surface area (Å²) >= 11 is 3.37. The van der Waals surface area contributed by atoms with Crippen molar-refractivity contribution in [1.82, 2.24) is 4.98 Å². The maximum Gasteiger partial charge on any atom is 0.125 e. The molecule has 1 heterocycles. The van der Waals surface area contributed by atoms with Crippen molar-refractivity contribution >= 4 is 27.4 Å². The molecular formula is C15H18BrN3. The molecule has 0 unspecified atom stereocenters. The molecule has 4 heteroatoms. The molecule has 1 aromatic heterocycles. The number of nitrogens with zero attached hydrogens (tertiary/aromatic N) is 2. The van der Waals surface area contributed by atoms with Crippen LogP contribution in [0.5, 0.6) is 0 Å². The fraction of sp³-hybridized carbons (Fsp3) is 0.267. The van der Waals surface area contributed by atoms with Crippen LogP contribution in [0.3, 0.4) is 0 Å². The number of nitrogens with one attached hydrogen (secondary N) is 1. The number of rotatable bonds is 5. The van der Waals surface area contributed by atoms with Crippen LogP contribution < -0.4 is 10.2 Å². The predicted molar refractivity (Wildman–Crippen MR) is 84.9 cm³/mol. The standard InChI is InChI=1S/C15H18BrN3/c1-19(2)14-6-3-12(4-7-14)9-10-17-15-8-5-13(16)11-18-15/h3-8,11H,9-10H2,1-2H3,(H,17,18). The van der Waals surface area contributed by atoms with E-state index in [1.165, 1.54) is 11.3 Å². The molecule has 2 rings (SSSR count). The van der Waals surface area contributed by atoms with E-state index in [1.54, 1.807) is 6.20 Å². The van der Waals surface area contributed by atoms with E-state index in [0.717, 1.165) is 23.3 Å². The second kappa shape index (κ2) is 6.57. The second-order valence-corrected chi connectivity index (χ2v) is 5.51. The molecule has 0 saturated carbocycles. The molecule has 2 aromatic rings. The average Bonchev–Trinajstić information content (AvgIpc) is 2.41. The Labute approximate surface area is 122 Å². The lowest BCUT2D eigenvalue weighted by Crippen LogP contribution is -2.09. The molecule has 0 fully saturated rings. The Kier molecular flexibility index (Phi) is 4.80. The highest BCUT2D eigenvalue weighted by Gasteiger charge is 1.97. The lowest BCUT2D eigenvalue weighted by molar-refractivity contribution is 1.00. The Balaban J connectivity index is 1.83. The van der Waals surface area contributed by atoms with Gasteiger partial charge in [0.2, 0.25) is 0 Å². The van der Waals surface area contributed by atoms with Crippen LogP contribution in [-0.2, 0) is 6.42 Å². The summed E-state index contributed by atoms with van der Waals surface area (Å²) in [5.74, 6) is 0.910. The molecule has 100 valence electrons. The van der Waals surface area contributed by atoms with Gasteiger partial charge in [0.15, 0.2) is 0 Å². The van der Waals surface area contributed by atoms with Gasteiger partial charge in [-0.2, -0.15) is 0 Å². The van der Waals surface area contributed by atoms with E-state index in [4.69, 9.17) is 0 Å². The molecule has 0 atom stereocenters. The van der Waals surface area contributed by atoms with Crippen LogP contribution >= 0.6 is 15.9 Å². The second-order valence-electron chi connectivity index (χ2n) is 4.60. The van der Waals surface area contributed by atoms with Crippen LogP contribution in [0.25, 0.3) is 0 Å². The summed E-state index contributed by atoms with van der Waals surface area (Å²) in [4.78, 5) is 6.39. The Hall–Kier alpha value is -1.55. The van der Waals surface area contributed by atoms with Crippen molar-refractivity contribution in [2.45, 2.75) is 6.42 Å². The number of aromatic nitrogens is 1. The Morgan fingerprint density at radius 3 is 2.42 bits per heavy atom. The average molecular weight is 320 g/mol. The van der Waals surface area contributed by atoms with Crippen molar-refractivity contribution in [2.75, 3.05) is 30.9 Å². The van der Waals surface area contributed by atoms with Crippen molar-refractivity contribution in [1.29, 1.82) is 0 Å². The molecule has 0 aliphatic heterocycles. The van der Waals surface area contributed by atoms with Gasteiger partial charge in [-0.15, -0.1) is 0 Å². The Morgan fingerprint density at radius 2 is 1.84 bits per heavy atom. The number of hydrogen-bond acceptors (Lipinski definition) is 3. The van der Waals surface area contributed by atoms with Gasteiger partial charge in [-0.3, -0.25) is 0 Å². The highest BCUT2D eigenvalue weighted by atomic mass is 79.9. The molecule has 0 spiro atoms. The molecule has 0 bridgehead atoms. The molecule has 3 nitrogen and oxygen atoms in total. The summed E-state index contributed by atoms with van der Waals surface area (Å²) in [7, 11) is 4.10. The molecule has 0 radical (unpaired) electrons. The van der Waals surface area contributed by atoms with Gasteiger partial charge in [-0.25, -0.2) is 4.98 Å². The van der Waals surface area contributed by atoms with Gasteiger partial charge in [0.05, 0.1) is 0 Å². The first-order valence-electron chi connectivity index (χ1n) is 6.27. The van der Waals surface area contributed by atoms with Crippen molar-refractivity contribution in [2.24, 2.45) is 0 Å².